The van der Waals surface area contributed by atoms with E-state index in [0.29, 0.717) is 29.7 Å². The molecule has 0 spiro atoms. The van der Waals surface area contributed by atoms with Crippen LogP contribution in [-0.4, -0.2) is 41.9 Å². The lowest BCUT2D eigenvalue weighted by Crippen LogP contribution is -2.26. The highest BCUT2D eigenvalue weighted by Gasteiger charge is 2.38. The van der Waals surface area contributed by atoms with Crippen LogP contribution in [0.4, 0.5) is 0 Å². The Morgan fingerprint density at radius 2 is 2.03 bits per heavy atom. The fraction of sp³-hybridized carbons (Fsp3) is 0.450. The van der Waals surface area contributed by atoms with Gasteiger partial charge in [0.2, 0.25) is 0 Å². The Morgan fingerprint density at radius 1 is 1.28 bits per heavy atom. The van der Waals surface area contributed by atoms with E-state index in [1.165, 1.54) is 0 Å². The first-order valence-electron chi connectivity index (χ1n) is 9.67. The average molecular weight is 418 g/mol. The summed E-state index contributed by atoms with van der Waals surface area (Å²) in [6.07, 6.45) is 2.44. The van der Waals surface area contributed by atoms with Crippen molar-refractivity contribution in [2.75, 3.05) is 6.61 Å². The van der Waals surface area contributed by atoms with Crippen LogP contribution in [0.15, 0.2) is 29.2 Å². The SMILES string of the molecule is CCOC(=O)c1nn(C2CCCC(C(=O)O)C2)c2c1CS(=O)(=O)c1ccccc1-2. The molecule has 1 aromatic carbocycles. The normalized spacial score (nSPS) is 22.4. The minimum Gasteiger partial charge on any atom is -0.481 e. The zero-order valence-electron chi connectivity index (χ0n) is 16.0. The predicted octanol–water partition coefficient (Wildman–Crippen LogP) is 2.83. The molecule has 154 valence electrons. The van der Waals surface area contributed by atoms with Gasteiger partial charge in [0.1, 0.15) is 0 Å². The maximum Gasteiger partial charge on any atom is 0.359 e. The zero-order valence-corrected chi connectivity index (χ0v) is 16.8. The van der Waals surface area contributed by atoms with Crippen molar-refractivity contribution in [3.8, 4) is 11.3 Å². The first kappa shape index (κ1) is 19.6. The van der Waals surface area contributed by atoms with E-state index in [1.54, 1.807) is 35.9 Å². The molecule has 2 unspecified atom stereocenters. The maximum absolute atomic E-state index is 12.8. The van der Waals surface area contributed by atoms with E-state index in [0.717, 1.165) is 12.8 Å². The number of carboxylic acids is 1. The van der Waals surface area contributed by atoms with E-state index in [9.17, 15) is 23.1 Å². The van der Waals surface area contributed by atoms with Crippen LogP contribution in [-0.2, 0) is 25.1 Å². The van der Waals surface area contributed by atoms with Crippen molar-refractivity contribution in [2.24, 2.45) is 5.92 Å². The van der Waals surface area contributed by atoms with Gasteiger partial charge in [-0.1, -0.05) is 24.6 Å². The van der Waals surface area contributed by atoms with E-state index in [4.69, 9.17) is 4.74 Å². The molecule has 4 rings (SSSR count). The molecule has 2 aliphatic rings. The molecular formula is C20H22N2O6S. The number of esters is 1. The number of fused-ring (bicyclic) bond motifs is 3. The number of rotatable bonds is 4. The molecule has 8 nitrogen and oxygen atoms in total. The highest BCUT2D eigenvalue weighted by molar-refractivity contribution is 7.90. The van der Waals surface area contributed by atoms with Crippen molar-refractivity contribution in [2.45, 2.75) is 49.3 Å². The van der Waals surface area contributed by atoms with Crippen molar-refractivity contribution in [1.82, 2.24) is 9.78 Å². The maximum atomic E-state index is 12.8. The summed E-state index contributed by atoms with van der Waals surface area (Å²) in [7, 11) is -3.62. The summed E-state index contributed by atoms with van der Waals surface area (Å²) in [5.74, 6) is -2.32. The van der Waals surface area contributed by atoms with Gasteiger partial charge >= 0.3 is 11.9 Å². The van der Waals surface area contributed by atoms with Crippen LogP contribution < -0.4 is 0 Å². The molecule has 2 atom stereocenters. The Morgan fingerprint density at radius 3 is 2.76 bits per heavy atom. The van der Waals surface area contributed by atoms with Crippen LogP contribution in [0.5, 0.6) is 0 Å². The fourth-order valence-corrected chi connectivity index (χ4v) is 5.93. The molecule has 2 heterocycles. The molecule has 0 amide bonds. The van der Waals surface area contributed by atoms with E-state index in [-0.39, 0.29) is 29.0 Å². The molecule has 0 bridgehead atoms. The van der Waals surface area contributed by atoms with Gasteiger partial charge in [0.25, 0.3) is 0 Å². The molecule has 1 aliphatic carbocycles. The van der Waals surface area contributed by atoms with Gasteiger partial charge in [-0.2, -0.15) is 5.10 Å². The third kappa shape index (κ3) is 3.33. The third-order valence-corrected chi connectivity index (χ3v) is 7.33. The Hall–Kier alpha value is -2.68. The second kappa shape index (κ2) is 7.29. The van der Waals surface area contributed by atoms with Crippen LogP contribution in [0.2, 0.25) is 0 Å². The Balaban J connectivity index is 1.91. The third-order valence-electron chi connectivity index (χ3n) is 5.63. The zero-order chi connectivity index (χ0) is 20.8. The molecule has 0 radical (unpaired) electrons. The van der Waals surface area contributed by atoms with Crippen LogP contribution in [0, 0.1) is 5.92 Å². The average Bonchev–Trinajstić information content (AvgIpc) is 3.07. The number of carboxylic acid groups (broad SMARTS) is 1. The van der Waals surface area contributed by atoms with Gasteiger partial charge in [0, 0.05) is 11.1 Å². The summed E-state index contributed by atoms with van der Waals surface area (Å²) >= 11 is 0. The van der Waals surface area contributed by atoms with Crippen LogP contribution in [0.3, 0.4) is 0 Å². The Kier molecular flexibility index (Phi) is 4.94. The van der Waals surface area contributed by atoms with Crippen molar-refractivity contribution in [3.63, 3.8) is 0 Å². The van der Waals surface area contributed by atoms with Crippen LogP contribution in [0.1, 0.15) is 54.7 Å². The number of nitrogens with zero attached hydrogens (tertiary/aromatic N) is 2. The first-order chi connectivity index (χ1) is 13.8. The largest absolute Gasteiger partial charge is 0.481 e. The van der Waals surface area contributed by atoms with Crippen molar-refractivity contribution >= 4 is 21.8 Å². The molecule has 2 aromatic rings. The number of aromatic nitrogens is 2. The van der Waals surface area contributed by atoms with E-state index in [1.807, 2.05) is 0 Å². The summed E-state index contributed by atoms with van der Waals surface area (Å²) in [6, 6.07) is 6.43. The predicted molar refractivity (Wildman–Crippen MR) is 103 cm³/mol. The number of aliphatic carboxylic acids is 1. The van der Waals surface area contributed by atoms with Crippen molar-refractivity contribution < 1.29 is 27.9 Å². The monoisotopic (exact) mass is 418 g/mol. The summed E-state index contributed by atoms with van der Waals surface area (Å²) in [6.45, 7) is 1.82. The van der Waals surface area contributed by atoms with Crippen LogP contribution >= 0.6 is 0 Å². The topological polar surface area (TPSA) is 116 Å². The summed E-state index contributed by atoms with van der Waals surface area (Å²) in [4.78, 5) is 24.2. The molecule has 0 saturated heterocycles. The standard InChI is InChI=1S/C20H22N2O6S/c1-2-28-20(25)17-15-11-29(26,27)16-9-4-3-8-14(16)18(15)22(21-17)13-7-5-6-12(10-13)19(23)24/h3-4,8-9,12-13H,2,5-7,10-11H2,1H3,(H,23,24). The molecule has 1 fully saturated rings. The van der Waals surface area contributed by atoms with E-state index < -0.39 is 27.7 Å². The molecule has 29 heavy (non-hydrogen) atoms. The Bertz CT molecular complexity index is 1090. The number of carbonyl (C=O) groups excluding carboxylic acids is 1. The molecule has 1 N–H and O–H groups in total. The second-order valence-electron chi connectivity index (χ2n) is 7.45. The van der Waals surface area contributed by atoms with Gasteiger partial charge in [0.15, 0.2) is 15.5 Å². The van der Waals surface area contributed by atoms with Gasteiger partial charge in [-0.15, -0.1) is 0 Å². The summed E-state index contributed by atoms with van der Waals surface area (Å²) < 4.78 is 32.4. The van der Waals surface area contributed by atoms with E-state index >= 15 is 0 Å². The van der Waals surface area contributed by atoms with Crippen LogP contribution in [0.25, 0.3) is 11.3 Å². The van der Waals surface area contributed by atoms with Crippen molar-refractivity contribution in [3.05, 3.63) is 35.5 Å². The highest BCUT2D eigenvalue weighted by atomic mass is 32.2. The second-order valence-corrected chi connectivity index (χ2v) is 9.41. The molecule has 9 heteroatoms. The van der Waals surface area contributed by atoms with Gasteiger partial charge in [0.05, 0.1) is 34.9 Å². The number of benzene rings is 1. The van der Waals surface area contributed by atoms with Gasteiger partial charge in [-0.05, 0) is 32.3 Å². The van der Waals surface area contributed by atoms with Gasteiger partial charge < -0.3 is 9.84 Å². The van der Waals surface area contributed by atoms with Gasteiger partial charge in [-0.3, -0.25) is 9.48 Å². The number of hydrogen-bond acceptors (Lipinski definition) is 6. The molecule has 1 saturated carbocycles. The minimum atomic E-state index is -3.62. The Labute approximate surface area is 168 Å². The quantitative estimate of drug-likeness (QED) is 0.759. The number of hydrogen-bond donors (Lipinski definition) is 1. The first-order valence-corrected chi connectivity index (χ1v) is 11.3. The molecule has 1 aromatic heterocycles. The summed E-state index contributed by atoms with van der Waals surface area (Å²) in [5, 5.41) is 13.9. The lowest BCUT2D eigenvalue weighted by Gasteiger charge is -2.29. The summed E-state index contributed by atoms with van der Waals surface area (Å²) in [5.41, 5.74) is 1.40. The van der Waals surface area contributed by atoms with Crippen molar-refractivity contribution in [1.29, 1.82) is 0 Å². The lowest BCUT2D eigenvalue weighted by atomic mass is 9.85. The number of sulfone groups is 1. The molecular weight excluding hydrogens is 396 g/mol. The van der Waals surface area contributed by atoms with E-state index in [2.05, 4.69) is 5.10 Å². The van der Waals surface area contributed by atoms with Gasteiger partial charge in [-0.25, -0.2) is 13.2 Å². The minimum absolute atomic E-state index is 0.00243. The highest BCUT2D eigenvalue weighted by Crippen LogP contribution is 2.43. The lowest BCUT2D eigenvalue weighted by molar-refractivity contribution is -0.143. The fourth-order valence-electron chi connectivity index (χ4n) is 4.33. The molecule has 1 aliphatic heterocycles. The smallest absolute Gasteiger partial charge is 0.359 e. The number of carbonyl (C=O) groups is 2. The number of ether oxygens (including phenoxy) is 1.